The van der Waals surface area contributed by atoms with Crippen LogP contribution >= 0.6 is 0 Å². The third kappa shape index (κ3) is 30.1. The highest BCUT2D eigenvalue weighted by Crippen LogP contribution is 2.40. The predicted molar refractivity (Wildman–Crippen MR) is 541 cm³/mol. The summed E-state index contributed by atoms with van der Waals surface area (Å²) in [6, 6.07) is 54.1. The fraction of sp³-hybridized carbons (Fsp3) is 0.569. The van der Waals surface area contributed by atoms with Crippen molar-refractivity contribution in [1.29, 1.82) is 0 Å². The van der Waals surface area contributed by atoms with E-state index in [1.54, 1.807) is 39.0 Å². The zero-order valence-corrected chi connectivity index (χ0v) is 82.4. The zero-order chi connectivity index (χ0) is 88.6. The van der Waals surface area contributed by atoms with Gasteiger partial charge in [-0.05, 0) is 324 Å². The Morgan fingerprint density at radius 2 is 0.561 bits per heavy atom. The van der Waals surface area contributed by atoms with Gasteiger partial charge in [-0.1, -0.05) is 273 Å². The Bertz CT molecular complexity index is 4640. The van der Waals surface area contributed by atoms with Crippen molar-refractivity contribution in [3.63, 3.8) is 0 Å². The highest BCUT2D eigenvalue weighted by atomic mass is 15.2. The van der Waals surface area contributed by atoms with Gasteiger partial charge in [0.1, 0.15) is 0 Å². The van der Waals surface area contributed by atoms with Gasteiger partial charge in [-0.15, -0.1) is 0 Å². The lowest BCUT2D eigenvalue weighted by Crippen LogP contribution is -2.44. The smallest absolute Gasteiger partial charge is 0.0260 e. The van der Waals surface area contributed by atoms with E-state index >= 15 is 0 Å². The number of fused-ring (bicyclic) bond motifs is 8. The minimum absolute atomic E-state index is 0. The van der Waals surface area contributed by atoms with Crippen LogP contribution in [0.15, 0.2) is 181 Å². The van der Waals surface area contributed by atoms with Crippen LogP contribution in [0.3, 0.4) is 0 Å². The maximum atomic E-state index is 2.56. The van der Waals surface area contributed by atoms with Crippen LogP contribution in [0.5, 0.6) is 0 Å². The first-order valence-electron chi connectivity index (χ1n) is 46.2. The standard InChI is InChI=1S/C14H21N.2C14H20.2C13H19N.C12H17N.C11H18N2.C11H17N.C11H16.3CH4/c1-11-5-6-12-7-8-15(14(2,3)4)10-13(12)9-11;1-10-5-6-11-9-12(14(2,3)4)7-8-13(10)11;1-10-5-6-11-7-8-12(9-13(10)11)14(2,3)4;1-10-5-6-11-8-14(13(2,3)4)9-12(11)7-10;1-13(2,3)14-9-8-11-6-4-5-7-12(11)10-14;1-12(2,3)13-8-10-6-4-5-7-11(10)9-13;1-11(2,3)13-7-9-5-12(4)6-10(9)8-13;1-11(2,3)12-7-9-5-4-6-10(9)8-12;1-9-5-7-10(8-6-9)11(2,3)4;;;/h5-6,9H,7-8,10H2,1-4H3;2*7-10H,5-6H2,1-4H3;5-7H,8-9H2,1-4H3;4-7H,8-10H2,1-3H3;4-7H,8-9H2,1-3H3;5-6H,7-8H2,1-4H3;5-6H,4,7-8H2,1-3H3;5-8H,1-4H3;3*1H4. The molecule has 123 heavy (non-hydrogen) atoms. The molecule has 1 fully saturated rings. The summed E-state index contributed by atoms with van der Waals surface area (Å²) >= 11 is 0. The van der Waals surface area contributed by atoms with Gasteiger partial charge < -0.3 is 4.57 Å². The SMILES string of the molecule is C.C.C.CC(C)(C)N1CC2=CCC=C2C1.CC(C)(C)N1CCc2ccccc2C1.CC(C)(C)N1Cc2ccccc2C1.CC1CCc2cc(C(C)(C)C)ccc21.CC1CCc2ccc(C(C)(C)C)cc21.Cc1ccc(C(C)(C)C)cc1.Cc1ccc2c(c1)CN(C(C)(C)C)C2.Cc1ccc2c(c1)CN(C(C)(C)C)CC2.Cn1cc2c(c1)CN(C(C)(C)C)C2. The fourth-order valence-electron chi connectivity index (χ4n) is 17.6. The Kier molecular flexibility index (Phi) is 36.5. The predicted octanol–water partition coefficient (Wildman–Crippen LogP) is 29.7. The monoisotopic (exact) mass is 1670 g/mol. The average Bonchev–Trinajstić information content (AvgIpc) is 1.07. The molecule has 0 spiro atoms. The van der Waals surface area contributed by atoms with Gasteiger partial charge >= 0.3 is 0 Å². The van der Waals surface area contributed by atoms with Crippen molar-refractivity contribution in [2.45, 2.75) is 402 Å². The largest absolute Gasteiger partial charge is 0.357 e. The minimum Gasteiger partial charge on any atom is -0.357 e. The molecule has 6 aliphatic heterocycles. The minimum atomic E-state index is 0. The lowest BCUT2D eigenvalue weighted by molar-refractivity contribution is 0.120. The van der Waals surface area contributed by atoms with Crippen molar-refractivity contribution in [1.82, 2.24) is 34.0 Å². The Morgan fingerprint density at radius 1 is 0.260 bits per heavy atom. The number of benzene rings is 7. The van der Waals surface area contributed by atoms with Gasteiger partial charge in [0.15, 0.2) is 0 Å². The van der Waals surface area contributed by atoms with Gasteiger partial charge in [0.2, 0.25) is 0 Å². The van der Waals surface area contributed by atoms with Gasteiger partial charge in [-0.3, -0.25) is 29.4 Å². The summed E-state index contributed by atoms with van der Waals surface area (Å²) in [5.41, 5.74) is 35.7. The van der Waals surface area contributed by atoms with Crippen molar-refractivity contribution in [3.8, 4) is 0 Å². The van der Waals surface area contributed by atoms with Gasteiger partial charge in [-0.2, -0.15) is 0 Å². The number of likely N-dealkylation sites (tertiary alicyclic amines) is 1. The summed E-state index contributed by atoms with van der Waals surface area (Å²) in [5.74, 6) is 1.55. The molecule has 1 saturated heterocycles. The van der Waals surface area contributed by atoms with Crippen LogP contribution in [0.25, 0.3) is 0 Å². The van der Waals surface area contributed by atoms with Gasteiger partial charge in [-0.25, -0.2) is 0 Å². The van der Waals surface area contributed by atoms with Gasteiger partial charge in [0.05, 0.1) is 0 Å². The van der Waals surface area contributed by atoms with E-state index < -0.39 is 0 Å². The number of allylic oxidation sites excluding steroid dienone is 2. The second-order valence-electron chi connectivity index (χ2n) is 45.9. The quantitative estimate of drug-likeness (QED) is 0.150. The van der Waals surface area contributed by atoms with Gasteiger partial charge in [0.25, 0.3) is 0 Å². The molecule has 1 aromatic heterocycles. The summed E-state index contributed by atoms with van der Waals surface area (Å²) in [6.45, 7) is 86.3. The van der Waals surface area contributed by atoms with Crippen molar-refractivity contribution in [2.75, 3.05) is 26.2 Å². The van der Waals surface area contributed by atoms with E-state index in [2.05, 4.69) is 433 Å². The van der Waals surface area contributed by atoms with E-state index in [9.17, 15) is 0 Å². The molecule has 0 amide bonds. The summed E-state index contributed by atoms with van der Waals surface area (Å²) < 4.78 is 2.16. The van der Waals surface area contributed by atoms with E-state index in [1.165, 1.54) is 141 Å². The molecule has 7 heterocycles. The van der Waals surface area contributed by atoms with E-state index in [0.717, 1.165) is 77.3 Å². The molecule has 7 heteroatoms. The van der Waals surface area contributed by atoms with E-state index in [-0.39, 0.29) is 38.6 Å². The summed E-state index contributed by atoms with van der Waals surface area (Å²) in [5, 5.41) is 0. The number of rotatable bonds is 0. The highest BCUT2D eigenvalue weighted by molar-refractivity contribution is 5.45. The Labute approximate surface area is 757 Å². The molecule has 0 saturated carbocycles. The molecule has 0 bridgehead atoms. The Hall–Kier alpha value is -6.94. The fourth-order valence-corrected chi connectivity index (χ4v) is 17.6. The molecule has 7 nitrogen and oxygen atoms in total. The number of aryl methyl sites for hydroxylation is 6. The Balaban J connectivity index is 0.000000214. The third-order valence-corrected chi connectivity index (χ3v) is 26.5. The first kappa shape index (κ1) is 105. The first-order chi connectivity index (χ1) is 55.6. The summed E-state index contributed by atoms with van der Waals surface area (Å²) in [6.07, 6.45) is 18.0. The topological polar surface area (TPSA) is 24.4 Å². The number of aromatic nitrogens is 1. The highest BCUT2D eigenvalue weighted by Gasteiger charge is 2.35. The van der Waals surface area contributed by atoms with Crippen LogP contribution < -0.4 is 0 Å². The summed E-state index contributed by atoms with van der Waals surface area (Å²) in [4.78, 5) is 15.2. The lowest BCUT2D eigenvalue weighted by Gasteiger charge is -2.39. The molecule has 678 valence electrons. The number of hydrogen-bond donors (Lipinski definition) is 0. The van der Waals surface area contributed by atoms with Crippen LogP contribution in [-0.4, -0.2) is 93.4 Å². The molecular weight excluding hydrogens is 1490 g/mol. The molecule has 0 N–H and O–H groups in total. The van der Waals surface area contributed by atoms with Crippen LogP contribution in [0.1, 0.15) is 365 Å². The molecule has 0 radical (unpaired) electrons. The van der Waals surface area contributed by atoms with E-state index in [0.29, 0.717) is 33.1 Å². The van der Waals surface area contributed by atoms with Crippen LogP contribution in [0.4, 0.5) is 0 Å². The lowest BCUT2D eigenvalue weighted by atomic mass is 9.85. The molecule has 3 aliphatic carbocycles. The van der Waals surface area contributed by atoms with Crippen LogP contribution in [0, 0.1) is 20.8 Å². The molecular formula is C116H179N7. The van der Waals surface area contributed by atoms with Crippen LogP contribution in [-0.2, 0) is 101 Å². The van der Waals surface area contributed by atoms with Crippen molar-refractivity contribution in [3.05, 3.63) is 293 Å². The van der Waals surface area contributed by atoms with E-state index in [1.807, 2.05) is 0 Å². The molecule has 7 aromatic carbocycles. The second kappa shape index (κ2) is 42.8. The van der Waals surface area contributed by atoms with E-state index in [4.69, 9.17) is 0 Å². The molecule has 2 unspecified atom stereocenters. The molecule has 17 rings (SSSR count). The molecule has 8 aromatic rings. The van der Waals surface area contributed by atoms with Crippen LogP contribution in [0.2, 0.25) is 0 Å². The second-order valence-corrected chi connectivity index (χ2v) is 45.9. The zero-order valence-electron chi connectivity index (χ0n) is 82.4. The number of nitrogens with zero attached hydrogens (tertiary/aromatic N) is 7. The number of hydrogen-bond acceptors (Lipinski definition) is 6. The average molecular weight is 1670 g/mol. The molecule has 9 aliphatic rings. The van der Waals surface area contributed by atoms with Gasteiger partial charge in [0, 0.05) is 131 Å². The van der Waals surface area contributed by atoms with Crippen molar-refractivity contribution < 1.29 is 0 Å². The maximum Gasteiger partial charge on any atom is 0.0260 e. The maximum absolute atomic E-state index is 2.56. The first-order valence-corrected chi connectivity index (χ1v) is 46.2. The van der Waals surface area contributed by atoms with Crippen molar-refractivity contribution >= 4 is 0 Å². The Morgan fingerprint density at radius 3 is 0.992 bits per heavy atom. The van der Waals surface area contributed by atoms with Crippen molar-refractivity contribution in [2.24, 2.45) is 7.05 Å². The summed E-state index contributed by atoms with van der Waals surface area (Å²) in [7, 11) is 2.10. The molecule has 2 atom stereocenters. The normalized spacial score (nSPS) is 18.0. The third-order valence-electron chi connectivity index (χ3n) is 26.5.